The van der Waals surface area contributed by atoms with Crippen molar-refractivity contribution in [3.63, 3.8) is 0 Å². The van der Waals surface area contributed by atoms with Gasteiger partial charge in [0.2, 0.25) is 10.1 Å². The second-order valence-corrected chi connectivity index (χ2v) is 9.90. The minimum atomic E-state index is -4.51. The molecule has 0 amide bonds. The average Bonchev–Trinajstić information content (AvgIpc) is 3.11. The molecule has 12 heteroatoms. The number of nitrogens with zero attached hydrogens (tertiary/aromatic N) is 4. The monoisotopic (exact) mass is 450 g/mol. The number of piperazine rings is 1. The van der Waals surface area contributed by atoms with Crippen LogP contribution in [0.25, 0.3) is 0 Å². The second kappa shape index (κ2) is 7.98. The van der Waals surface area contributed by atoms with E-state index < -0.39 is 21.0 Å². The van der Waals surface area contributed by atoms with Crippen molar-refractivity contribution in [2.24, 2.45) is 0 Å². The molecular weight excluding hydrogens is 429 g/mol. The molecule has 0 bridgehead atoms. The van der Waals surface area contributed by atoms with Crippen LogP contribution in [0.4, 0.5) is 24.0 Å². The minimum absolute atomic E-state index is 0.0960. The number of hydrogen-bond donors (Lipinski definition) is 0. The highest BCUT2D eigenvalue weighted by Crippen LogP contribution is 2.36. The quantitative estimate of drug-likeness (QED) is 0.693. The molecule has 2 heterocycles. The Balaban J connectivity index is 1.80. The lowest BCUT2D eigenvalue weighted by molar-refractivity contribution is -0.138. The smallest absolute Gasteiger partial charge is 0.445 e. The molecular formula is C17H21F3N4O3S2. The Hall–Kier alpha value is -2.08. The van der Waals surface area contributed by atoms with E-state index in [2.05, 4.69) is 10.2 Å². The van der Waals surface area contributed by atoms with Crippen LogP contribution in [0.1, 0.15) is 18.9 Å². The van der Waals surface area contributed by atoms with Gasteiger partial charge in [0, 0.05) is 32.4 Å². The highest BCUT2D eigenvalue weighted by atomic mass is 32.2. The van der Waals surface area contributed by atoms with E-state index in [0.717, 1.165) is 6.26 Å². The third-order valence-corrected chi connectivity index (χ3v) is 6.41. The van der Waals surface area contributed by atoms with Crippen molar-refractivity contribution < 1.29 is 26.3 Å². The van der Waals surface area contributed by atoms with Crippen molar-refractivity contribution in [2.75, 3.05) is 42.2 Å². The second-order valence-electron chi connectivity index (χ2n) is 6.93. The fourth-order valence-corrected chi connectivity index (χ4v) is 4.33. The molecule has 0 saturated carbocycles. The number of sulfone groups is 1. The van der Waals surface area contributed by atoms with Crippen LogP contribution < -0.4 is 14.5 Å². The lowest BCUT2D eigenvalue weighted by atomic mass is 10.2. The van der Waals surface area contributed by atoms with E-state index in [1.54, 1.807) is 17.0 Å². The third kappa shape index (κ3) is 5.10. The molecule has 29 heavy (non-hydrogen) atoms. The van der Waals surface area contributed by atoms with Crippen molar-refractivity contribution >= 4 is 32.0 Å². The standard InChI is InChI=1S/C17H21F3N4O3S2/c1-11(2)27-14-5-4-12(29(3,25)26)10-13(14)23-6-8-24(9-7-23)16-22-21-15(28-16)17(18,19)20/h4-5,10-11H,6-9H2,1-3H3. The summed E-state index contributed by atoms with van der Waals surface area (Å²) in [5.74, 6) is 0.566. The van der Waals surface area contributed by atoms with Gasteiger partial charge in [-0.05, 0) is 32.0 Å². The SMILES string of the molecule is CC(C)Oc1ccc(S(C)(=O)=O)cc1N1CCN(c2nnc(C(F)(F)F)s2)CC1. The van der Waals surface area contributed by atoms with Gasteiger partial charge >= 0.3 is 6.18 Å². The van der Waals surface area contributed by atoms with Gasteiger partial charge in [-0.3, -0.25) is 0 Å². The molecule has 0 unspecified atom stereocenters. The largest absolute Gasteiger partial charge is 0.489 e. The Labute approximate surface area is 171 Å². The lowest BCUT2D eigenvalue weighted by Crippen LogP contribution is -2.46. The summed E-state index contributed by atoms with van der Waals surface area (Å²) in [5, 5.41) is 6.14. The van der Waals surface area contributed by atoms with Gasteiger partial charge in [-0.25, -0.2) is 8.42 Å². The molecule has 1 saturated heterocycles. The van der Waals surface area contributed by atoms with Gasteiger partial charge in [0.05, 0.1) is 16.7 Å². The van der Waals surface area contributed by atoms with Crippen molar-refractivity contribution in [2.45, 2.75) is 31.0 Å². The van der Waals surface area contributed by atoms with Crippen molar-refractivity contribution in [1.82, 2.24) is 10.2 Å². The van der Waals surface area contributed by atoms with Crippen LogP contribution in [-0.2, 0) is 16.0 Å². The molecule has 1 aromatic carbocycles. The van der Waals surface area contributed by atoms with Gasteiger partial charge in [-0.15, -0.1) is 10.2 Å². The first-order valence-electron chi connectivity index (χ1n) is 8.86. The number of halogens is 3. The predicted molar refractivity (Wildman–Crippen MR) is 105 cm³/mol. The number of ether oxygens (including phenoxy) is 1. The molecule has 1 fully saturated rings. The molecule has 7 nitrogen and oxygen atoms in total. The molecule has 2 aromatic rings. The summed E-state index contributed by atoms with van der Waals surface area (Å²) in [4.78, 5) is 3.89. The predicted octanol–water partition coefficient (Wildman–Crippen LogP) is 3.07. The average molecular weight is 451 g/mol. The topological polar surface area (TPSA) is 75.6 Å². The fourth-order valence-electron chi connectivity index (χ4n) is 2.93. The molecule has 1 aliphatic rings. The molecule has 1 aromatic heterocycles. The van der Waals surface area contributed by atoms with Gasteiger partial charge in [0.25, 0.3) is 0 Å². The van der Waals surface area contributed by atoms with E-state index in [9.17, 15) is 21.6 Å². The molecule has 1 aliphatic heterocycles. The molecule has 3 rings (SSSR count). The number of alkyl halides is 3. The number of rotatable bonds is 5. The van der Waals surface area contributed by atoms with Gasteiger partial charge in [-0.2, -0.15) is 13.2 Å². The first kappa shape index (κ1) is 21.6. The van der Waals surface area contributed by atoms with Gasteiger partial charge in [0.1, 0.15) is 5.75 Å². The van der Waals surface area contributed by atoms with Crippen LogP contribution in [0.2, 0.25) is 0 Å². The Morgan fingerprint density at radius 1 is 1.10 bits per heavy atom. The van der Waals surface area contributed by atoms with Crippen molar-refractivity contribution in [3.05, 3.63) is 23.2 Å². The Morgan fingerprint density at radius 2 is 1.72 bits per heavy atom. The zero-order valence-electron chi connectivity index (χ0n) is 16.1. The maximum Gasteiger partial charge on any atom is 0.445 e. The Kier molecular flexibility index (Phi) is 5.95. The zero-order valence-corrected chi connectivity index (χ0v) is 17.7. The van der Waals surface area contributed by atoms with Gasteiger partial charge < -0.3 is 14.5 Å². The summed E-state index contributed by atoms with van der Waals surface area (Å²) in [5.41, 5.74) is 0.648. The number of benzene rings is 1. The minimum Gasteiger partial charge on any atom is -0.489 e. The summed E-state index contributed by atoms with van der Waals surface area (Å²) in [6.45, 7) is 5.55. The summed E-state index contributed by atoms with van der Waals surface area (Å²) in [6, 6.07) is 4.72. The van der Waals surface area contributed by atoms with E-state index in [-0.39, 0.29) is 16.1 Å². The van der Waals surface area contributed by atoms with Gasteiger partial charge in [0.15, 0.2) is 9.84 Å². The van der Waals surface area contributed by atoms with Crippen LogP contribution in [0, 0.1) is 0 Å². The first-order chi connectivity index (χ1) is 13.4. The summed E-state index contributed by atoms with van der Waals surface area (Å²) < 4.78 is 68.0. The number of hydrogen-bond acceptors (Lipinski definition) is 8. The van der Waals surface area contributed by atoms with Crippen LogP contribution in [-0.4, -0.2) is 57.2 Å². The highest BCUT2D eigenvalue weighted by Gasteiger charge is 2.36. The lowest BCUT2D eigenvalue weighted by Gasteiger charge is -2.36. The Bertz CT molecular complexity index is 969. The summed E-state index contributed by atoms with van der Waals surface area (Å²) in [6.07, 6.45) is -3.46. The zero-order chi connectivity index (χ0) is 21.4. The highest BCUT2D eigenvalue weighted by molar-refractivity contribution is 7.90. The molecule has 0 spiro atoms. The summed E-state index contributed by atoms with van der Waals surface area (Å²) in [7, 11) is -3.39. The fraction of sp³-hybridized carbons (Fsp3) is 0.529. The van der Waals surface area contributed by atoms with Crippen molar-refractivity contribution in [3.8, 4) is 5.75 Å². The van der Waals surface area contributed by atoms with E-state index >= 15 is 0 Å². The Morgan fingerprint density at radius 3 is 2.24 bits per heavy atom. The van der Waals surface area contributed by atoms with Crippen LogP contribution in [0.5, 0.6) is 5.75 Å². The molecule has 0 aliphatic carbocycles. The molecule has 0 radical (unpaired) electrons. The van der Waals surface area contributed by atoms with E-state index in [4.69, 9.17) is 4.74 Å². The number of anilines is 2. The molecule has 0 atom stereocenters. The van der Waals surface area contributed by atoms with Crippen LogP contribution in [0.3, 0.4) is 0 Å². The molecule has 0 N–H and O–H groups in total. The van der Waals surface area contributed by atoms with E-state index in [1.807, 2.05) is 18.7 Å². The van der Waals surface area contributed by atoms with Crippen molar-refractivity contribution in [1.29, 1.82) is 0 Å². The first-order valence-corrected chi connectivity index (χ1v) is 11.6. The third-order valence-electron chi connectivity index (χ3n) is 4.27. The maximum atomic E-state index is 12.8. The van der Waals surface area contributed by atoms with Crippen LogP contribution in [0.15, 0.2) is 23.1 Å². The van der Waals surface area contributed by atoms with E-state index in [1.165, 1.54) is 6.07 Å². The normalized spacial score (nSPS) is 15.8. The molecule has 160 valence electrons. The summed E-state index contributed by atoms with van der Waals surface area (Å²) >= 11 is 0.517. The number of aromatic nitrogens is 2. The van der Waals surface area contributed by atoms with Crippen LogP contribution >= 0.6 is 11.3 Å². The van der Waals surface area contributed by atoms with Gasteiger partial charge in [-0.1, -0.05) is 11.3 Å². The van der Waals surface area contributed by atoms with E-state index in [0.29, 0.717) is 49.0 Å². The maximum absolute atomic E-state index is 12.8.